The zero-order valence-electron chi connectivity index (χ0n) is 18.1. The minimum atomic E-state index is -0.582. The molecule has 0 unspecified atom stereocenters. The van der Waals surface area contributed by atoms with E-state index in [1.54, 1.807) is 81.4 Å². The van der Waals surface area contributed by atoms with Gasteiger partial charge in [-0.3, -0.25) is 14.9 Å². The average molecular weight is 435 g/mol. The molecule has 0 bridgehead atoms. The number of rotatable bonds is 6. The molecule has 0 atom stereocenters. The van der Waals surface area contributed by atoms with Crippen molar-refractivity contribution in [2.75, 3.05) is 16.0 Å². The fourth-order valence-electron chi connectivity index (χ4n) is 2.79. The Morgan fingerprint density at radius 3 is 2.16 bits per heavy atom. The number of ether oxygens (including phenoxy) is 1. The van der Waals surface area contributed by atoms with Gasteiger partial charge in [-0.15, -0.1) is 0 Å². The minimum absolute atomic E-state index is 0.149. The molecule has 0 fully saturated rings. The molecule has 2 aromatic carbocycles. The summed E-state index contributed by atoms with van der Waals surface area (Å²) in [6.45, 7) is 5.37. The van der Waals surface area contributed by atoms with E-state index in [-0.39, 0.29) is 24.0 Å². The SMILES string of the molecule is CC(C)(C)OC(=O)Nc1ccc(CC(=O)Nc2cccc(NC(=O)c3ccco3)c2)cc1. The van der Waals surface area contributed by atoms with E-state index < -0.39 is 11.7 Å². The lowest BCUT2D eigenvalue weighted by Crippen LogP contribution is -2.27. The second-order valence-corrected chi connectivity index (χ2v) is 8.06. The molecular weight excluding hydrogens is 410 g/mol. The predicted molar refractivity (Wildman–Crippen MR) is 122 cm³/mol. The first kappa shape index (κ1) is 22.6. The van der Waals surface area contributed by atoms with E-state index in [0.717, 1.165) is 5.56 Å². The first-order chi connectivity index (χ1) is 15.2. The van der Waals surface area contributed by atoms with Crippen LogP contribution in [0.25, 0.3) is 0 Å². The van der Waals surface area contributed by atoms with E-state index in [1.807, 2.05) is 0 Å². The highest BCUT2D eigenvalue weighted by Crippen LogP contribution is 2.18. The Kier molecular flexibility index (Phi) is 6.94. The van der Waals surface area contributed by atoms with Crippen LogP contribution in [0.15, 0.2) is 71.3 Å². The molecule has 3 rings (SSSR count). The molecule has 3 N–H and O–H groups in total. The largest absolute Gasteiger partial charge is 0.459 e. The van der Waals surface area contributed by atoms with Gasteiger partial charge in [0.2, 0.25) is 5.91 Å². The number of nitrogens with one attached hydrogen (secondary N) is 3. The third-order valence-corrected chi connectivity index (χ3v) is 4.11. The van der Waals surface area contributed by atoms with Crippen molar-refractivity contribution in [1.82, 2.24) is 0 Å². The fraction of sp³-hybridized carbons (Fsp3) is 0.208. The van der Waals surface area contributed by atoms with Gasteiger partial charge in [-0.05, 0) is 68.8 Å². The summed E-state index contributed by atoms with van der Waals surface area (Å²) in [4.78, 5) is 36.3. The first-order valence-electron chi connectivity index (χ1n) is 10.0. The molecule has 32 heavy (non-hydrogen) atoms. The minimum Gasteiger partial charge on any atom is -0.459 e. The number of amides is 3. The summed E-state index contributed by atoms with van der Waals surface area (Å²) in [6.07, 6.45) is 1.03. The Bertz CT molecular complexity index is 1080. The molecular formula is C24H25N3O5. The van der Waals surface area contributed by atoms with E-state index in [4.69, 9.17) is 9.15 Å². The molecule has 166 valence electrons. The van der Waals surface area contributed by atoms with Gasteiger partial charge < -0.3 is 19.8 Å². The maximum Gasteiger partial charge on any atom is 0.412 e. The van der Waals surface area contributed by atoms with Crippen molar-refractivity contribution in [1.29, 1.82) is 0 Å². The van der Waals surface area contributed by atoms with E-state index >= 15 is 0 Å². The predicted octanol–water partition coefficient (Wildman–Crippen LogP) is 5.06. The van der Waals surface area contributed by atoms with Gasteiger partial charge in [-0.2, -0.15) is 0 Å². The van der Waals surface area contributed by atoms with E-state index in [2.05, 4.69) is 16.0 Å². The molecule has 0 spiro atoms. The molecule has 8 heteroatoms. The Balaban J connectivity index is 1.53. The number of furan rings is 1. The molecule has 1 aromatic heterocycles. The molecule has 0 aliphatic carbocycles. The maximum absolute atomic E-state index is 12.4. The van der Waals surface area contributed by atoms with Gasteiger partial charge in [0.15, 0.2) is 5.76 Å². The molecule has 0 saturated heterocycles. The molecule has 1 heterocycles. The Labute approximate surface area is 186 Å². The van der Waals surface area contributed by atoms with E-state index in [9.17, 15) is 14.4 Å². The normalized spacial score (nSPS) is 10.8. The van der Waals surface area contributed by atoms with Gasteiger partial charge >= 0.3 is 6.09 Å². The number of hydrogen-bond acceptors (Lipinski definition) is 5. The zero-order chi connectivity index (χ0) is 23.1. The second kappa shape index (κ2) is 9.82. The van der Waals surface area contributed by atoms with Crippen LogP contribution in [0.4, 0.5) is 21.9 Å². The van der Waals surface area contributed by atoms with Crippen molar-refractivity contribution < 1.29 is 23.5 Å². The molecule has 0 aliphatic heterocycles. The van der Waals surface area contributed by atoms with Gasteiger partial charge in [0.25, 0.3) is 5.91 Å². The van der Waals surface area contributed by atoms with Crippen LogP contribution in [0.3, 0.4) is 0 Å². The molecule has 8 nitrogen and oxygen atoms in total. The summed E-state index contributed by atoms with van der Waals surface area (Å²) in [5, 5.41) is 8.17. The summed E-state index contributed by atoms with van der Waals surface area (Å²) in [5.74, 6) is -0.394. The lowest BCUT2D eigenvalue weighted by atomic mass is 10.1. The standard InChI is InChI=1S/C24H25N3O5/c1-24(2,3)32-23(30)27-17-11-9-16(10-12-17)14-21(28)25-18-6-4-7-19(15-18)26-22(29)20-8-5-13-31-20/h4-13,15H,14H2,1-3H3,(H,25,28)(H,26,29)(H,27,30). The zero-order valence-corrected chi connectivity index (χ0v) is 18.1. The highest BCUT2D eigenvalue weighted by atomic mass is 16.6. The monoisotopic (exact) mass is 435 g/mol. The van der Waals surface area contributed by atoms with Crippen LogP contribution in [-0.4, -0.2) is 23.5 Å². The van der Waals surface area contributed by atoms with Crippen LogP contribution in [0.1, 0.15) is 36.9 Å². The lowest BCUT2D eigenvalue weighted by Gasteiger charge is -2.19. The third-order valence-electron chi connectivity index (χ3n) is 4.11. The highest BCUT2D eigenvalue weighted by Gasteiger charge is 2.16. The van der Waals surface area contributed by atoms with Crippen molar-refractivity contribution in [2.24, 2.45) is 0 Å². The smallest absolute Gasteiger partial charge is 0.412 e. The summed E-state index contributed by atoms with van der Waals surface area (Å²) >= 11 is 0. The van der Waals surface area contributed by atoms with Crippen molar-refractivity contribution in [3.8, 4) is 0 Å². The maximum atomic E-state index is 12.4. The van der Waals surface area contributed by atoms with Crippen molar-refractivity contribution in [2.45, 2.75) is 32.8 Å². The fourth-order valence-corrected chi connectivity index (χ4v) is 2.79. The number of carbonyl (C=O) groups is 3. The van der Waals surface area contributed by atoms with Crippen molar-refractivity contribution in [3.05, 3.63) is 78.3 Å². The van der Waals surface area contributed by atoms with Crippen molar-refractivity contribution >= 4 is 35.0 Å². The summed E-state index contributed by atoms with van der Waals surface area (Å²) in [5.41, 5.74) is 1.85. The summed E-state index contributed by atoms with van der Waals surface area (Å²) in [6, 6.07) is 17.0. The van der Waals surface area contributed by atoms with Crippen LogP contribution in [0.5, 0.6) is 0 Å². The number of carbonyl (C=O) groups excluding carboxylic acids is 3. The van der Waals surface area contributed by atoms with Gasteiger partial charge in [-0.25, -0.2) is 4.79 Å². The Hall–Kier alpha value is -4.07. The third kappa shape index (κ3) is 7.02. The molecule has 0 radical (unpaired) electrons. The average Bonchev–Trinajstić information content (AvgIpc) is 3.23. The van der Waals surface area contributed by atoms with Crippen LogP contribution in [0.2, 0.25) is 0 Å². The number of benzene rings is 2. The van der Waals surface area contributed by atoms with Crippen LogP contribution in [0, 0.1) is 0 Å². The van der Waals surface area contributed by atoms with E-state index in [0.29, 0.717) is 17.1 Å². The highest BCUT2D eigenvalue weighted by molar-refractivity contribution is 6.02. The first-order valence-corrected chi connectivity index (χ1v) is 10.0. The molecule has 3 amide bonds. The lowest BCUT2D eigenvalue weighted by molar-refractivity contribution is -0.115. The van der Waals surface area contributed by atoms with Crippen LogP contribution in [-0.2, 0) is 16.0 Å². The Morgan fingerprint density at radius 2 is 1.53 bits per heavy atom. The van der Waals surface area contributed by atoms with Crippen LogP contribution >= 0.6 is 0 Å². The Morgan fingerprint density at radius 1 is 0.844 bits per heavy atom. The quantitative estimate of drug-likeness (QED) is 0.501. The van der Waals surface area contributed by atoms with Crippen molar-refractivity contribution in [3.63, 3.8) is 0 Å². The number of hydrogen-bond donors (Lipinski definition) is 3. The van der Waals surface area contributed by atoms with E-state index in [1.165, 1.54) is 6.26 Å². The van der Waals surface area contributed by atoms with Gasteiger partial charge in [0.1, 0.15) is 5.60 Å². The topological polar surface area (TPSA) is 110 Å². The van der Waals surface area contributed by atoms with Gasteiger partial charge in [0.05, 0.1) is 12.7 Å². The van der Waals surface area contributed by atoms with Gasteiger partial charge in [0, 0.05) is 17.1 Å². The molecule has 0 aliphatic rings. The van der Waals surface area contributed by atoms with Gasteiger partial charge in [-0.1, -0.05) is 18.2 Å². The number of anilines is 3. The summed E-state index contributed by atoms with van der Waals surface area (Å²) in [7, 11) is 0. The molecule has 3 aromatic rings. The van der Waals surface area contributed by atoms with Crippen LogP contribution < -0.4 is 16.0 Å². The molecule has 0 saturated carbocycles. The summed E-state index contributed by atoms with van der Waals surface area (Å²) < 4.78 is 10.3. The second-order valence-electron chi connectivity index (χ2n) is 8.06.